The lowest BCUT2D eigenvalue weighted by Crippen LogP contribution is -2.36. The van der Waals surface area contributed by atoms with Crippen LogP contribution in [-0.2, 0) is 4.79 Å². The van der Waals surface area contributed by atoms with Crippen LogP contribution in [0.15, 0.2) is 59.7 Å². The fourth-order valence-corrected chi connectivity index (χ4v) is 2.02. The molecular formula is C17H16N4O4. The molecule has 0 aliphatic carbocycles. The van der Waals surface area contributed by atoms with Crippen LogP contribution in [0.4, 0.5) is 5.69 Å². The number of likely N-dealkylation sites (N-methyl/N-ethyl adjacent to an activating group) is 1. The molecule has 0 radical (unpaired) electrons. The van der Waals surface area contributed by atoms with Gasteiger partial charge in [-0.05, 0) is 12.1 Å². The van der Waals surface area contributed by atoms with Crippen LogP contribution in [0, 0.1) is 10.1 Å². The third kappa shape index (κ3) is 5.24. The summed E-state index contributed by atoms with van der Waals surface area (Å²) in [5, 5.41) is 14.4. The summed E-state index contributed by atoms with van der Waals surface area (Å²) in [5.74, 6) is -0.758. The Morgan fingerprint density at radius 2 is 1.92 bits per heavy atom. The summed E-state index contributed by atoms with van der Waals surface area (Å²) in [6.07, 6.45) is 1.30. The van der Waals surface area contributed by atoms with E-state index < -0.39 is 10.8 Å². The van der Waals surface area contributed by atoms with Crippen LogP contribution in [0.25, 0.3) is 0 Å². The molecule has 8 nitrogen and oxygen atoms in total. The van der Waals surface area contributed by atoms with Gasteiger partial charge in [-0.1, -0.05) is 30.3 Å². The first-order valence-electron chi connectivity index (χ1n) is 7.34. The number of nitro benzene ring substituents is 1. The summed E-state index contributed by atoms with van der Waals surface area (Å²) in [4.78, 5) is 35.4. The van der Waals surface area contributed by atoms with Crippen LogP contribution in [0.1, 0.15) is 15.9 Å². The van der Waals surface area contributed by atoms with Gasteiger partial charge in [0.2, 0.25) is 0 Å². The molecule has 0 saturated heterocycles. The van der Waals surface area contributed by atoms with E-state index >= 15 is 0 Å². The van der Waals surface area contributed by atoms with Crippen molar-refractivity contribution in [1.82, 2.24) is 10.3 Å². The van der Waals surface area contributed by atoms with Crippen molar-refractivity contribution in [2.75, 3.05) is 13.6 Å². The topological polar surface area (TPSA) is 105 Å². The van der Waals surface area contributed by atoms with Crippen molar-refractivity contribution in [3.05, 3.63) is 75.8 Å². The van der Waals surface area contributed by atoms with Crippen LogP contribution in [0.2, 0.25) is 0 Å². The molecule has 1 N–H and O–H groups in total. The van der Waals surface area contributed by atoms with Crippen LogP contribution in [0.5, 0.6) is 0 Å². The fourth-order valence-electron chi connectivity index (χ4n) is 2.02. The Morgan fingerprint density at radius 1 is 1.20 bits per heavy atom. The zero-order chi connectivity index (χ0) is 18.2. The van der Waals surface area contributed by atoms with E-state index in [-0.39, 0.29) is 18.1 Å². The number of non-ortho nitro benzene ring substituents is 1. The lowest BCUT2D eigenvalue weighted by molar-refractivity contribution is -0.384. The van der Waals surface area contributed by atoms with Crippen molar-refractivity contribution in [1.29, 1.82) is 0 Å². The molecular weight excluding hydrogens is 324 g/mol. The minimum Gasteiger partial charge on any atom is -0.332 e. The highest BCUT2D eigenvalue weighted by atomic mass is 16.6. The van der Waals surface area contributed by atoms with Gasteiger partial charge in [-0.25, -0.2) is 5.43 Å². The van der Waals surface area contributed by atoms with Crippen molar-refractivity contribution >= 4 is 23.7 Å². The average Bonchev–Trinajstić information content (AvgIpc) is 2.62. The van der Waals surface area contributed by atoms with E-state index in [0.29, 0.717) is 11.1 Å². The normalized spacial score (nSPS) is 10.4. The van der Waals surface area contributed by atoms with E-state index in [1.807, 2.05) is 0 Å². The Hall–Kier alpha value is -3.55. The summed E-state index contributed by atoms with van der Waals surface area (Å²) in [5.41, 5.74) is 3.18. The van der Waals surface area contributed by atoms with Crippen molar-refractivity contribution in [2.45, 2.75) is 0 Å². The van der Waals surface area contributed by atoms with Crippen LogP contribution in [0.3, 0.4) is 0 Å². The van der Waals surface area contributed by atoms with Crippen molar-refractivity contribution in [3.63, 3.8) is 0 Å². The van der Waals surface area contributed by atoms with E-state index in [1.54, 1.807) is 36.4 Å². The summed E-state index contributed by atoms with van der Waals surface area (Å²) < 4.78 is 0. The second-order valence-corrected chi connectivity index (χ2v) is 5.17. The molecule has 0 spiro atoms. The van der Waals surface area contributed by atoms with E-state index in [1.165, 1.54) is 36.4 Å². The molecule has 0 heterocycles. The first-order chi connectivity index (χ1) is 12.0. The summed E-state index contributed by atoms with van der Waals surface area (Å²) in [6, 6.07) is 14.4. The number of carbonyl (C=O) groups excluding carboxylic acids is 2. The maximum atomic E-state index is 12.1. The number of carbonyl (C=O) groups is 2. The molecule has 0 bridgehead atoms. The first kappa shape index (κ1) is 17.8. The first-order valence-corrected chi connectivity index (χ1v) is 7.34. The van der Waals surface area contributed by atoms with E-state index in [4.69, 9.17) is 0 Å². The number of benzene rings is 2. The minimum atomic E-state index is -0.514. The third-order valence-corrected chi connectivity index (χ3v) is 3.23. The van der Waals surface area contributed by atoms with Gasteiger partial charge in [-0.2, -0.15) is 5.10 Å². The number of hydrogen-bond donors (Lipinski definition) is 1. The van der Waals surface area contributed by atoms with Gasteiger partial charge in [0.1, 0.15) is 6.54 Å². The lowest BCUT2D eigenvalue weighted by atomic mass is 10.2. The molecule has 0 saturated carbocycles. The molecule has 0 aliphatic rings. The van der Waals surface area contributed by atoms with Gasteiger partial charge in [0.25, 0.3) is 17.5 Å². The molecule has 0 aliphatic heterocycles. The van der Waals surface area contributed by atoms with E-state index in [9.17, 15) is 19.7 Å². The molecule has 0 unspecified atom stereocenters. The number of nitro groups is 1. The summed E-state index contributed by atoms with van der Waals surface area (Å²) in [6.45, 7) is -0.167. The van der Waals surface area contributed by atoms with Gasteiger partial charge in [-0.15, -0.1) is 0 Å². The zero-order valence-electron chi connectivity index (χ0n) is 13.5. The van der Waals surface area contributed by atoms with Crippen LogP contribution in [-0.4, -0.2) is 41.4 Å². The highest BCUT2D eigenvalue weighted by Gasteiger charge is 2.14. The Balaban J connectivity index is 1.89. The van der Waals surface area contributed by atoms with Crippen molar-refractivity contribution in [2.24, 2.45) is 5.10 Å². The second kappa shape index (κ2) is 8.34. The molecule has 8 heteroatoms. The number of rotatable bonds is 6. The monoisotopic (exact) mass is 340 g/mol. The van der Waals surface area contributed by atoms with Gasteiger partial charge in [0.15, 0.2) is 0 Å². The largest absolute Gasteiger partial charge is 0.332 e. The minimum absolute atomic E-state index is 0.0662. The van der Waals surface area contributed by atoms with Gasteiger partial charge in [0, 0.05) is 30.3 Å². The number of nitrogens with zero attached hydrogens (tertiary/aromatic N) is 3. The van der Waals surface area contributed by atoms with Gasteiger partial charge < -0.3 is 4.90 Å². The molecule has 2 aromatic carbocycles. The van der Waals surface area contributed by atoms with Crippen molar-refractivity contribution in [3.8, 4) is 0 Å². The van der Waals surface area contributed by atoms with E-state index in [2.05, 4.69) is 10.5 Å². The smallest absolute Gasteiger partial charge is 0.270 e. The van der Waals surface area contributed by atoms with Crippen molar-refractivity contribution < 1.29 is 14.5 Å². The number of amides is 2. The summed E-state index contributed by atoms with van der Waals surface area (Å²) >= 11 is 0. The molecule has 2 rings (SSSR count). The zero-order valence-corrected chi connectivity index (χ0v) is 13.5. The molecule has 0 fully saturated rings. The molecule has 2 aromatic rings. The maximum Gasteiger partial charge on any atom is 0.270 e. The Bertz CT molecular complexity index is 805. The van der Waals surface area contributed by atoms with Crippen LogP contribution >= 0.6 is 0 Å². The predicted molar refractivity (Wildman–Crippen MR) is 92.2 cm³/mol. The number of nitrogens with one attached hydrogen (secondary N) is 1. The Morgan fingerprint density at radius 3 is 2.60 bits per heavy atom. The van der Waals surface area contributed by atoms with Gasteiger partial charge in [0.05, 0.1) is 11.1 Å². The average molecular weight is 340 g/mol. The number of hydrazone groups is 1. The highest BCUT2D eigenvalue weighted by molar-refractivity contribution is 5.96. The number of hydrogen-bond acceptors (Lipinski definition) is 5. The highest BCUT2D eigenvalue weighted by Crippen LogP contribution is 2.11. The quantitative estimate of drug-likeness (QED) is 0.492. The Labute approximate surface area is 143 Å². The van der Waals surface area contributed by atoms with Gasteiger partial charge >= 0.3 is 0 Å². The molecule has 25 heavy (non-hydrogen) atoms. The Kier molecular flexibility index (Phi) is 5.94. The molecule has 128 valence electrons. The third-order valence-electron chi connectivity index (χ3n) is 3.23. The summed E-state index contributed by atoms with van der Waals surface area (Å²) in [7, 11) is 1.51. The second-order valence-electron chi connectivity index (χ2n) is 5.17. The van der Waals surface area contributed by atoms with E-state index in [0.717, 1.165) is 0 Å². The lowest BCUT2D eigenvalue weighted by Gasteiger charge is -2.15. The molecule has 0 atom stereocenters. The standard InChI is InChI=1S/C17H16N4O4/c1-20(17(23)14-7-3-2-4-8-14)12-16(22)19-18-11-13-6-5-9-15(10-13)21(24)25/h2-11H,12H2,1H3,(H,19,22)/b18-11+. The SMILES string of the molecule is CN(CC(=O)N/N=C/c1cccc([N+](=O)[O-])c1)C(=O)c1ccccc1. The van der Waals surface area contributed by atoms with Gasteiger partial charge in [-0.3, -0.25) is 19.7 Å². The molecule has 2 amide bonds. The predicted octanol–water partition coefficient (Wildman–Crippen LogP) is 1.82. The molecule has 0 aromatic heterocycles. The van der Waals surface area contributed by atoms with Crippen LogP contribution < -0.4 is 5.43 Å². The maximum absolute atomic E-state index is 12.1. The fraction of sp³-hybridized carbons (Fsp3) is 0.118.